The van der Waals surface area contributed by atoms with Gasteiger partial charge < -0.3 is 16.2 Å². The molecule has 9 heteroatoms. The fourth-order valence-corrected chi connectivity index (χ4v) is 4.30. The molecule has 0 aliphatic rings. The molecule has 1 amide bonds. The normalized spacial score (nSPS) is 11.9. The maximum absolute atomic E-state index is 12.8. The summed E-state index contributed by atoms with van der Waals surface area (Å²) < 4.78 is 1.90. The van der Waals surface area contributed by atoms with E-state index in [0.29, 0.717) is 26.0 Å². The molecule has 2 aromatic carbocycles. The number of amides is 1. The maximum atomic E-state index is 12.8. The second-order valence-electron chi connectivity index (χ2n) is 6.77. The van der Waals surface area contributed by atoms with E-state index in [9.17, 15) is 19.5 Å². The number of carboxylic acids is 1. The van der Waals surface area contributed by atoms with Gasteiger partial charge >= 0.3 is 5.97 Å². The molecule has 0 saturated heterocycles. The number of aliphatic carboxylic acids is 1. The number of thiophene rings is 1. The van der Waals surface area contributed by atoms with E-state index in [1.165, 1.54) is 16.7 Å². The number of anilines is 1. The van der Waals surface area contributed by atoms with Crippen LogP contribution in [0.2, 0.25) is 4.34 Å². The minimum absolute atomic E-state index is 0.213. The number of carbonyl (C=O) groups excluding carboxylic acids is 1. The first-order chi connectivity index (χ1) is 14.8. The maximum Gasteiger partial charge on any atom is 0.331 e. The van der Waals surface area contributed by atoms with Gasteiger partial charge in [0, 0.05) is 33.4 Å². The summed E-state index contributed by atoms with van der Waals surface area (Å²) in [6.45, 7) is 0. The number of carboxylic acid groups (broad SMARTS) is 1. The second kappa shape index (κ2) is 8.25. The summed E-state index contributed by atoms with van der Waals surface area (Å²) in [5.41, 5.74) is 6.96. The fourth-order valence-electron chi connectivity index (χ4n) is 3.20. The summed E-state index contributed by atoms with van der Waals surface area (Å²) in [4.78, 5) is 37.4. The van der Waals surface area contributed by atoms with Crippen molar-refractivity contribution in [3.8, 4) is 5.69 Å². The molecule has 4 rings (SSSR count). The lowest BCUT2D eigenvalue weighted by molar-refractivity contribution is -0.139. The number of carbonyl (C=O) groups is 2. The minimum atomic E-state index is -1.21. The highest BCUT2D eigenvalue weighted by Gasteiger charge is 2.24. The van der Waals surface area contributed by atoms with E-state index >= 15 is 0 Å². The molecule has 156 valence electrons. The van der Waals surface area contributed by atoms with Crippen LogP contribution < -0.4 is 16.6 Å². The monoisotopic (exact) mass is 453 g/mol. The van der Waals surface area contributed by atoms with Crippen molar-refractivity contribution in [1.82, 2.24) is 9.88 Å². The highest BCUT2D eigenvalue weighted by molar-refractivity contribution is 7.16. The second-order valence-corrected chi connectivity index (χ2v) is 8.52. The molecule has 1 atom stereocenters. The molecule has 0 spiro atoms. The molecule has 0 saturated carbocycles. The van der Waals surface area contributed by atoms with Crippen LogP contribution in [0.3, 0.4) is 0 Å². The SMILES string of the molecule is Nc1ccc2c(=O)n(-c3ccc(C(=O)NC(C(=O)O)c4ccc(Cl)s4)cc3)ccc2c1. The molecule has 31 heavy (non-hydrogen) atoms. The van der Waals surface area contributed by atoms with E-state index in [-0.39, 0.29) is 11.1 Å². The first-order valence-electron chi connectivity index (χ1n) is 9.14. The van der Waals surface area contributed by atoms with Gasteiger partial charge in [0.25, 0.3) is 11.5 Å². The Balaban J connectivity index is 1.59. The van der Waals surface area contributed by atoms with Crippen LogP contribution in [-0.2, 0) is 4.79 Å². The van der Waals surface area contributed by atoms with Crippen LogP contribution in [0, 0.1) is 0 Å². The van der Waals surface area contributed by atoms with Gasteiger partial charge in [-0.3, -0.25) is 14.2 Å². The van der Waals surface area contributed by atoms with Gasteiger partial charge in [0.1, 0.15) is 0 Å². The number of fused-ring (bicyclic) bond motifs is 1. The number of nitrogens with one attached hydrogen (secondary N) is 1. The Morgan fingerprint density at radius 2 is 1.81 bits per heavy atom. The third-order valence-corrected chi connectivity index (χ3v) is 6.03. The highest BCUT2D eigenvalue weighted by atomic mass is 35.5. The molecule has 4 N–H and O–H groups in total. The fraction of sp³-hybridized carbons (Fsp3) is 0.0455. The number of rotatable bonds is 5. The van der Waals surface area contributed by atoms with Crippen molar-refractivity contribution in [2.75, 3.05) is 5.73 Å². The van der Waals surface area contributed by atoms with Crippen molar-refractivity contribution in [3.05, 3.63) is 92.0 Å². The number of halogens is 1. The molecular formula is C22H16ClN3O4S. The molecule has 7 nitrogen and oxygen atoms in total. The summed E-state index contributed by atoms with van der Waals surface area (Å²) >= 11 is 6.96. The summed E-state index contributed by atoms with van der Waals surface area (Å²) in [6.07, 6.45) is 1.64. The minimum Gasteiger partial charge on any atom is -0.479 e. The van der Waals surface area contributed by atoms with Gasteiger partial charge in [-0.25, -0.2) is 4.79 Å². The molecule has 2 aromatic heterocycles. The zero-order valence-corrected chi connectivity index (χ0v) is 17.5. The van der Waals surface area contributed by atoms with E-state index in [0.717, 1.165) is 16.7 Å². The topological polar surface area (TPSA) is 114 Å². The Labute approximate surface area is 185 Å². The summed E-state index contributed by atoms with van der Waals surface area (Å²) in [6, 6.07) is 15.1. The summed E-state index contributed by atoms with van der Waals surface area (Å²) in [5, 5.41) is 13.2. The standard InChI is InChI=1S/C22H16ClN3O4S/c23-18-8-7-17(31-18)19(22(29)30)25-20(27)12-1-4-15(5-2-12)26-10-9-13-11-14(24)3-6-16(13)21(26)28/h1-11,19H,24H2,(H,25,27)(H,29,30). The van der Waals surface area contributed by atoms with Crippen molar-refractivity contribution in [3.63, 3.8) is 0 Å². The number of nitrogens with two attached hydrogens (primary N) is 1. The molecule has 0 fully saturated rings. The number of aromatic nitrogens is 1. The highest BCUT2D eigenvalue weighted by Crippen LogP contribution is 2.27. The zero-order chi connectivity index (χ0) is 22.1. The van der Waals surface area contributed by atoms with Crippen molar-refractivity contribution < 1.29 is 14.7 Å². The lowest BCUT2D eigenvalue weighted by Crippen LogP contribution is -2.33. The predicted molar refractivity (Wildman–Crippen MR) is 121 cm³/mol. The van der Waals surface area contributed by atoms with E-state index in [2.05, 4.69) is 5.32 Å². The quantitative estimate of drug-likeness (QED) is 0.397. The average molecular weight is 454 g/mol. The van der Waals surface area contributed by atoms with Crippen molar-refractivity contribution >= 4 is 51.3 Å². The Bertz CT molecular complexity index is 1360. The van der Waals surface area contributed by atoms with Gasteiger partial charge in [-0.1, -0.05) is 11.6 Å². The number of hydrogen-bond acceptors (Lipinski definition) is 5. The lowest BCUT2D eigenvalue weighted by Gasteiger charge is -2.13. The molecule has 1 unspecified atom stereocenters. The van der Waals surface area contributed by atoms with Crippen LogP contribution in [-0.4, -0.2) is 21.6 Å². The van der Waals surface area contributed by atoms with Crippen LogP contribution in [0.15, 0.2) is 71.7 Å². The van der Waals surface area contributed by atoms with Gasteiger partial charge in [-0.2, -0.15) is 0 Å². The van der Waals surface area contributed by atoms with Gasteiger partial charge in [-0.05, 0) is 66.0 Å². The number of hydrogen-bond donors (Lipinski definition) is 3. The van der Waals surface area contributed by atoms with Crippen LogP contribution in [0.1, 0.15) is 21.3 Å². The van der Waals surface area contributed by atoms with Gasteiger partial charge in [0.05, 0.1) is 4.34 Å². The Morgan fingerprint density at radius 1 is 1.06 bits per heavy atom. The van der Waals surface area contributed by atoms with Crippen molar-refractivity contribution in [1.29, 1.82) is 0 Å². The van der Waals surface area contributed by atoms with E-state index in [1.807, 2.05) is 0 Å². The number of benzene rings is 2. The Morgan fingerprint density at radius 3 is 2.45 bits per heavy atom. The van der Waals surface area contributed by atoms with Crippen LogP contribution in [0.4, 0.5) is 5.69 Å². The van der Waals surface area contributed by atoms with Crippen molar-refractivity contribution in [2.24, 2.45) is 0 Å². The largest absolute Gasteiger partial charge is 0.479 e. The first kappa shape index (κ1) is 20.6. The Hall–Kier alpha value is -3.62. The van der Waals surface area contributed by atoms with Crippen LogP contribution in [0.5, 0.6) is 0 Å². The summed E-state index contributed by atoms with van der Waals surface area (Å²) in [5.74, 6) is -1.74. The third kappa shape index (κ3) is 4.16. The molecular weight excluding hydrogens is 438 g/mol. The Kier molecular flexibility index (Phi) is 5.50. The van der Waals surface area contributed by atoms with E-state index < -0.39 is 17.9 Å². The molecule has 2 heterocycles. The molecule has 0 radical (unpaired) electrons. The first-order valence-corrected chi connectivity index (χ1v) is 10.3. The van der Waals surface area contributed by atoms with Gasteiger partial charge in [0.2, 0.25) is 0 Å². The number of nitrogens with zero attached hydrogens (tertiary/aromatic N) is 1. The van der Waals surface area contributed by atoms with Gasteiger partial charge in [-0.15, -0.1) is 11.3 Å². The molecule has 0 aliphatic carbocycles. The van der Waals surface area contributed by atoms with Crippen LogP contribution >= 0.6 is 22.9 Å². The van der Waals surface area contributed by atoms with Crippen molar-refractivity contribution in [2.45, 2.75) is 6.04 Å². The van der Waals surface area contributed by atoms with E-state index in [1.54, 1.807) is 54.7 Å². The third-order valence-electron chi connectivity index (χ3n) is 4.74. The van der Waals surface area contributed by atoms with Crippen LogP contribution in [0.25, 0.3) is 16.5 Å². The molecule has 4 aromatic rings. The number of nitrogen functional groups attached to an aromatic ring is 1. The summed E-state index contributed by atoms with van der Waals surface area (Å²) in [7, 11) is 0. The molecule has 0 bridgehead atoms. The predicted octanol–water partition coefficient (Wildman–Crippen LogP) is 3.84. The number of pyridine rings is 1. The average Bonchev–Trinajstić information content (AvgIpc) is 3.17. The van der Waals surface area contributed by atoms with E-state index in [4.69, 9.17) is 17.3 Å². The smallest absolute Gasteiger partial charge is 0.331 e. The molecule has 0 aliphatic heterocycles. The lowest BCUT2D eigenvalue weighted by atomic mass is 10.1. The van der Waals surface area contributed by atoms with Gasteiger partial charge in [0.15, 0.2) is 6.04 Å². The zero-order valence-electron chi connectivity index (χ0n) is 15.9.